The number of nitrogens with zero attached hydrogens (tertiary/aromatic N) is 1. The molecule has 0 saturated heterocycles. The number of nitrogens with one attached hydrogen (secondary N) is 1. The Morgan fingerprint density at radius 3 is 2.84 bits per heavy atom. The van der Waals surface area contributed by atoms with E-state index < -0.39 is 6.10 Å². The molecule has 1 aliphatic rings. The molecule has 1 aliphatic heterocycles. The number of amides is 1. The molecule has 19 heavy (non-hydrogen) atoms. The van der Waals surface area contributed by atoms with Crippen LogP contribution >= 0.6 is 0 Å². The maximum absolute atomic E-state index is 12.0. The molecule has 5 nitrogen and oxygen atoms in total. The van der Waals surface area contributed by atoms with Crippen LogP contribution in [0.3, 0.4) is 0 Å². The standard InChI is InChI=1S/C14H12N2O3/c17-14(16-10-4-3-7-15-8-10)13-9-18-11-5-1-2-6-12(11)19-13/h1-8,13H,9H2,(H,16,17)/t13-/m0/s1. The number of benzene rings is 1. The van der Waals surface area contributed by atoms with Crippen LogP contribution in [0.5, 0.6) is 11.5 Å². The second-order valence-corrected chi connectivity index (χ2v) is 4.10. The van der Waals surface area contributed by atoms with E-state index in [4.69, 9.17) is 9.47 Å². The molecular formula is C14H12N2O3. The summed E-state index contributed by atoms with van der Waals surface area (Å²) in [6, 6.07) is 10.8. The molecule has 3 rings (SSSR count). The van der Waals surface area contributed by atoms with Crippen LogP contribution in [0.25, 0.3) is 0 Å². The van der Waals surface area contributed by atoms with Crippen LogP contribution < -0.4 is 14.8 Å². The topological polar surface area (TPSA) is 60.5 Å². The Bertz CT molecular complexity index is 586. The summed E-state index contributed by atoms with van der Waals surface area (Å²) in [4.78, 5) is 16.0. The average molecular weight is 256 g/mol. The second kappa shape index (κ2) is 4.97. The molecule has 0 unspecified atom stereocenters. The van der Waals surface area contributed by atoms with Crippen LogP contribution in [-0.4, -0.2) is 23.6 Å². The van der Waals surface area contributed by atoms with Crippen molar-refractivity contribution in [3.63, 3.8) is 0 Å². The molecule has 1 atom stereocenters. The van der Waals surface area contributed by atoms with Gasteiger partial charge in [0.1, 0.15) is 6.61 Å². The van der Waals surface area contributed by atoms with E-state index in [9.17, 15) is 4.79 Å². The molecule has 96 valence electrons. The predicted octanol–water partition coefficient (Wildman–Crippen LogP) is 1.86. The molecule has 2 heterocycles. The highest BCUT2D eigenvalue weighted by Crippen LogP contribution is 2.31. The molecule has 5 heteroatoms. The second-order valence-electron chi connectivity index (χ2n) is 4.10. The smallest absolute Gasteiger partial charge is 0.269 e. The molecule has 0 aliphatic carbocycles. The normalized spacial score (nSPS) is 16.7. The van der Waals surface area contributed by atoms with Crippen molar-refractivity contribution in [1.29, 1.82) is 0 Å². The van der Waals surface area contributed by atoms with E-state index in [-0.39, 0.29) is 12.5 Å². The van der Waals surface area contributed by atoms with Crippen LogP contribution in [0.2, 0.25) is 0 Å². The lowest BCUT2D eigenvalue weighted by Crippen LogP contribution is -2.40. The van der Waals surface area contributed by atoms with Gasteiger partial charge in [-0.1, -0.05) is 12.1 Å². The third kappa shape index (κ3) is 2.49. The number of hydrogen-bond acceptors (Lipinski definition) is 4. The number of hydrogen-bond donors (Lipinski definition) is 1. The Balaban J connectivity index is 1.70. The fraction of sp³-hybridized carbons (Fsp3) is 0.143. The number of fused-ring (bicyclic) bond motifs is 1. The van der Waals surface area contributed by atoms with Gasteiger partial charge in [0, 0.05) is 6.20 Å². The van der Waals surface area contributed by atoms with Gasteiger partial charge in [0.2, 0.25) is 6.10 Å². The van der Waals surface area contributed by atoms with Crippen molar-refractivity contribution in [1.82, 2.24) is 4.98 Å². The minimum atomic E-state index is -0.657. The number of carbonyl (C=O) groups is 1. The van der Waals surface area contributed by atoms with Gasteiger partial charge >= 0.3 is 0 Å². The van der Waals surface area contributed by atoms with Crippen LogP contribution in [0.4, 0.5) is 5.69 Å². The lowest BCUT2D eigenvalue weighted by atomic mass is 10.2. The maximum atomic E-state index is 12.0. The SMILES string of the molecule is O=C(Nc1cccnc1)[C@@H]1COc2ccccc2O1. The first-order valence-electron chi connectivity index (χ1n) is 5.92. The Kier molecular flexibility index (Phi) is 3.02. The first-order valence-corrected chi connectivity index (χ1v) is 5.92. The minimum absolute atomic E-state index is 0.198. The highest BCUT2D eigenvalue weighted by atomic mass is 16.6. The zero-order valence-electron chi connectivity index (χ0n) is 10.1. The molecule has 1 aromatic heterocycles. The van der Waals surface area contributed by atoms with Crippen molar-refractivity contribution >= 4 is 11.6 Å². The highest BCUT2D eigenvalue weighted by molar-refractivity contribution is 5.94. The largest absolute Gasteiger partial charge is 0.485 e. The van der Waals surface area contributed by atoms with Crippen molar-refractivity contribution < 1.29 is 14.3 Å². The number of ether oxygens (including phenoxy) is 2. The molecule has 0 saturated carbocycles. The van der Waals surface area contributed by atoms with E-state index in [0.29, 0.717) is 17.2 Å². The van der Waals surface area contributed by atoms with Gasteiger partial charge in [0.15, 0.2) is 11.5 Å². The monoisotopic (exact) mass is 256 g/mol. The summed E-state index contributed by atoms with van der Waals surface area (Å²) in [6.07, 6.45) is 2.57. The predicted molar refractivity (Wildman–Crippen MR) is 69.2 cm³/mol. The van der Waals surface area contributed by atoms with E-state index in [2.05, 4.69) is 10.3 Å². The van der Waals surface area contributed by atoms with E-state index in [1.54, 1.807) is 30.6 Å². The summed E-state index contributed by atoms with van der Waals surface area (Å²) in [5, 5.41) is 2.74. The van der Waals surface area contributed by atoms with E-state index in [0.717, 1.165) is 0 Å². The van der Waals surface area contributed by atoms with Gasteiger partial charge in [0.25, 0.3) is 5.91 Å². The number of aromatic nitrogens is 1. The molecule has 0 radical (unpaired) electrons. The van der Waals surface area contributed by atoms with Crippen molar-refractivity contribution in [2.45, 2.75) is 6.10 Å². The van der Waals surface area contributed by atoms with Gasteiger partial charge in [-0.05, 0) is 24.3 Å². The molecule has 0 fully saturated rings. The Morgan fingerprint density at radius 2 is 2.05 bits per heavy atom. The van der Waals surface area contributed by atoms with Crippen molar-refractivity contribution in [2.24, 2.45) is 0 Å². The lowest BCUT2D eigenvalue weighted by Gasteiger charge is -2.25. The zero-order chi connectivity index (χ0) is 13.1. The van der Waals surface area contributed by atoms with Gasteiger partial charge < -0.3 is 14.8 Å². The Hall–Kier alpha value is -2.56. The maximum Gasteiger partial charge on any atom is 0.269 e. The Morgan fingerprint density at radius 1 is 1.21 bits per heavy atom. The number of pyridine rings is 1. The van der Waals surface area contributed by atoms with E-state index in [1.165, 1.54) is 0 Å². The van der Waals surface area contributed by atoms with Crippen molar-refractivity contribution in [3.05, 3.63) is 48.8 Å². The third-order valence-electron chi connectivity index (χ3n) is 2.73. The summed E-state index contributed by atoms with van der Waals surface area (Å²) in [7, 11) is 0. The molecule has 0 bridgehead atoms. The fourth-order valence-electron chi connectivity index (χ4n) is 1.81. The average Bonchev–Trinajstić information content (AvgIpc) is 2.48. The molecule has 1 N–H and O–H groups in total. The first-order chi connectivity index (χ1) is 9.33. The summed E-state index contributed by atoms with van der Waals surface area (Å²) < 4.78 is 11.1. The minimum Gasteiger partial charge on any atom is -0.485 e. The summed E-state index contributed by atoms with van der Waals surface area (Å²) in [5.41, 5.74) is 0.634. The van der Waals surface area contributed by atoms with E-state index >= 15 is 0 Å². The summed E-state index contributed by atoms with van der Waals surface area (Å²) in [6.45, 7) is 0.198. The van der Waals surface area contributed by atoms with Gasteiger partial charge in [-0.2, -0.15) is 0 Å². The van der Waals surface area contributed by atoms with Gasteiger partial charge in [-0.15, -0.1) is 0 Å². The van der Waals surface area contributed by atoms with Crippen LogP contribution in [0.1, 0.15) is 0 Å². The first kappa shape index (κ1) is 11.5. The highest BCUT2D eigenvalue weighted by Gasteiger charge is 2.27. The third-order valence-corrected chi connectivity index (χ3v) is 2.73. The van der Waals surface area contributed by atoms with Gasteiger partial charge in [0.05, 0.1) is 11.9 Å². The van der Waals surface area contributed by atoms with Gasteiger partial charge in [-0.25, -0.2) is 0 Å². The van der Waals surface area contributed by atoms with Crippen LogP contribution in [0, 0.1) is 0 Å². The van der Waals surface area contributed by atoms with Gasteiger partial charge in [-0.3, -0.25) is 9.78 Å². The lowest BCUT2D eigenvalue weighted by molar-refractivity contribution is -0.125. The Labute approximate surface area is 110 Å². The zero-order valence-corrected chi connectivity index (χ0v) is 10.1. The number of anilines is 1. The fourth-order valence-corrected chi connectivity index (χ4v) is 1.81. The summed E-state index contributed by atoms with van der Waals surface area (Å²) >= 11 is 0. The quantitative estimate of drug-likeness (QED) is 0.891. The molecule has 0 spiro atoms. The molecule has 1 aromatic carbocycles. The van der Waals surface area contributed by atoms with Crippen LogP contribution in [-0.2, 0) is 4.79 Å². The number of para-hydroxylation sites is 2. The molecular weight excluding hydrogens is 244 g/mol. The van der Waals surface area contributed by atoms with Crippen molar-refractivity contribution in [3.8, 4) is 11.5 Å². The van der Waals surface area contributed by atoms with E-state index in [1.807, 2.05) is 18.2 Å². The number of rotatable bonds is 2. The van der Waals surface area contributed by atoms with Crippen LogP contribution in [0.15, 0.2) is 48.8 Å². The summed E-state index contributed by atoms with van der Waals surface area (Å²) in [5.74, 6) is 0.996. The van der Waals surface area contributed by atoms with Crippen molar-refractivity contribution in [2.75, 3.05) is 11.9 Å². The molecule has 2 aromatic rings. The molecule has 1 amide bonds. The number of carbonyl (C=O) groups excluding carboxylic acids is 1.